The van der Waals surface area contributed by atoms with Crippen LogP contribution in [-0.4, -0.2) is 17.4 Å². The summed E-state index contributed by atoms with van der Waals surface area (Å²) in [4.78, 5) is 20.4. The molecule has 0 aromatic heterocycles. The minimum atomic E-state index is -0.937. The largest absolute Gasteiger partial charge is 0.478 e. The first-order valence-electron chi connectivity index (χ1n) is 3.91. The number of aryl methyl sites for hydroxylation is 1. The first kappa shape index (κ1) is 9.45. The molecule has 1 aromatic rings. The number of carbonyl (C=O) groups excluding carboxylic acids is 1. The lowest BCUT2D eigenvalue weighted by Gasteiger charge is -1.97. The molecule has 3 nitrogen and oxygen atoms in total. The van der Waals surface area contributed by atoms with Gasteiger partial charge in [-0.05, 0) is 24.1 Å². The zero-order chi connectivity index (χ0) is 9.68. The van der Waals surface area contributed by atoms with Crippen LogP contribution in [0, 0.1) is 0 Å². The third-order valence-corrected chi connectivity index (χ3v) is 1.72. The summed E-state index contributed by atoms with van der Waals surface area (Å²) in [5.74, 6) is -0.937. The number of hydrogen-bond acceptors (Lipinski definition) is 2. The van der Waals surface area contributed by atoms with E-state index < -0.39 is 5.97 Å². The second-order valence-corrected chi connectivity index (χ2v) is 2.65. The monoisotopic (exact) mass is 177 g/mol. The van der Waals surface area contributed by atoms with Crippen molar-refractivity contribution >= 4 is 12.3 Å². The van der Waals surface area contributed by atoms with E-state index in [-0.39, 0.29) is 5.56 Å². The predicted molar refractivity (Wildman–Crippen MR) is 47.4 cm³/mol. The molecule has 0 saturated carbocycles. The second-order valence-electron chi connectivity index (χ2n) is 2.65. The van der Waals surface area contributed by atoms with Gasteiger partial charge in [0.25, 0.3) is 0 Å². The topological polar surface area (TPSA) is 54.4 Å². The molecule has 67 valence electrons. The van der Waals surface area contributed by atoms with Crippen molar-refractivity contribution < 1.29 is 14.7 Å². The number of rotatable bonds is 4. The normalized spacial score (nSPS) is 9.54. The lowest BCUT2D eigenvalue weighted by molar-refractivity contribution is 0.0697. The predicted octanol–water partition coefficient (Wildman–Crippen LogP) is 1.43. The van der Waals surface area contributed by atoms with Crippen molar-refractivity contribution in [3.63, 3.8) is 0 Å². The van der Waals surface area contributed by atoms with Crippen LogP contribution in [-0.2, 0) is 11.2 Å². The van der Waals surface area contributed by atoms with Crippen LogP contribution in [0.25, 0.3) is 0 Å². The molecular weight excluding hydrogens is 168 g/mol. The molecule has 0 saturated heterocycles. The summed E-state index contributed by atoms with van der Waals surface area (Å²) in [6, 6.07) is 6.48. The molecule has 0 heterocycles. The quantitative estimate of drug-likeness (QED) is 0.756. The molecule has 1 rings (SSSR count). The second kappa shape index (κ2) is 4.40. The Morgan fingerprint density at radius 1 is 1.31 bits per heavy atom. The molecule has 0 amide bonds. The van der Waals surface area contributed by atoms with Crippen LogP contribution in [0.4, 0.5) is 0 Å². The summed E-state index contributed by atoms with van der Waals surface area (Å²) >= 11 is 0. The first-order valence-corrected chi connectivity index (χ1v) is 3.91. The van der Waals surface area contributed by atoms with Crippen LogP contribution in [0.5, 0.6) is 0 Å². The van der Waals surface area contributed by atoms with Gasteiger partial charge in [-0.2, -0.15) is 0 Å². The lowest BCUT2D eigenvalue weighted by Crippen LogP contribution is -1.96. The van der Waals surface area contributed by atoms with Gasteiger partial charge in [0.1, 0.15) is 0 Å². The maximum absolute atomic E-state index is 10.5. The fourth-order valence-corrected chi connectivity index (χ4v) is 1.01. The maximum Gasteiger partial charge on any atom is 0.335 e. The van der Waals surface area contributed by atoms with Crippen LogP contribution in [0.2, 0.25) is 0 Å². The van der Waals surface area contributed by atoms with Gasteiger partial charge in [0, 0.05) is 6.42 Å². The van der Waals surface area contributed by atoms with Crippen molar-refractivity contribution in [1.82, 2.24) is 0 Å². The highest BCUT2D eigenvalue weighted by Gasteiger charge is 2.00. The highest BCUT2D eigenvalue weighted by Crippen LogP contribution is 2.05. The Kier molecular flexibility index (Phi) is 3.20. The van der Waals surface area contributed by atoms with E-state index in [0.29, 0.717) is 12.8 Å². The molecule has 0 fully saturated rings. The van der Waals surface area contributed by atoms with Crippen LogP contribution < -0.4 is 0 Å². The minimum Gasteiger partial charge on any atom is -0.478 e. The zero-order valence-corrected chi connectivity index (χ0v) is 6.99. The van der Waals surface area contributed by atoms with Gasteiger partial charge in [-0.15, -0.1) is 0 Å². The molecule has 1 N–H and O–H groups in total. The molecule has 0 aliphatic heterocycles. The number of carboxylic acids is 1. The molecule has 0 bridgehead atoms. The smallest absolute Gasteiger partial charge is 0.335 e. The van der Waals surface area contributed by atoms with Crippen LogP contribution in [0.1, 0.15) is 22.3 Å². The number of carboxylic acid groups (broad SMARTS) is 1. The summed E-state index contributed by atoms with van der Waals surface area (Å²) < 4.78 is 0. The Labute approximate surface area is 76.0 Å². The van der Waals surface area contributed by atoms with Crippen molar-refractivity contribution in [3.05, 3.63) is 35.4 Å². The fraction of sp³-hybridized carbons (Fsp3) is 0.200. The first-order chi connectivity index (χ1) is 6.24. The number of carbonyl (C=O) groups is 1. The minimum absolute atomic E-state index is 0.263. The van der Waals surface area contributed by atoms with Gasteiger partial charge in [0.15, 0.2) is 6.29 Å². The van der Waals surface area contributed by atoms with Crippen molar-refractivity contribution in [1.29, 1.82) is 0 Å². The molecule has 0 atom stereocenters. The van der Waals surface area contributed by atoms with E-state index in [0.717, 1.165) is 5.56 Å². The van der Waals surface area contributed by atoms with Gasteiger partial charge in [0.2, 0.25) is 0 Å². The molecule has 13 heavy (non-hydrogen) atoms. The summed E-state index contributed by atoms with van der Waals surface area (Å²) in [6.45, 7) is 0. The van der Waals surface area contributed by atoms with E-state index in [4.69, 9.17) is 5.11 Å². The highest BCUT2D eigenvalue weighted by molar-refractivity contribution is 5.87. The number of aromatic carboxylic acids is 1. The zero-order valence-electron chi connectivity index (χ0n) is 6.99. The Balaban J connectivity index is 2.69. The van der Waals surface area contributed by atoms with Crippen LogP contribution in [0.3, 0.4) is 0 Å². The van der Waals surface area contributed by atoms with E-state index in [1.54, 1.807) is 18.4 Å². The van der Waals surface area contributed by atoms with Gasteiger partial charge >= 0.3 is 5.97 Å². The average molecular weight is 177 g/mol. The third-order valence-electron chi connectivity index (χ3n) is 1.72. The van der Waals surface area contributed by atoms with Gasteiger partial charge in [-0.1, -0.05) is 12.1 Å². The summed E-state index contributed by atoms with van der Waals surface area (Å²) in [5, 5.41) is 8.59. The van der Waals surface area contributed by atoms with E-state index in [9.17, 15) is 9.59 Å². The highest BCUT2D eigenvalue weighted by atomic mass is 16.4. The summed E-state index contributed by atoms with van der Waals surface area (Å²) in [7, 11) is 0. The molecule has 0 unspecified atom stereocenters. The Morgan fingerprint density at radius 3 is 2.38 bits per heavy atom. The van der Waals surface area contributed by atoms with Gasteiger partial charge in [-0.25, -0.2) is 4.79 Å². The summed E-state index contributed by atoms with van der Waals surface area (Å²) in [5.41, 5.74) is 1.21. The standard InChI is InChI=1S/C10H9O3/c11-7-1-2-8-3-5-9(6-4-8)10(12)13/h3-6H,1-2H2,(H,12,13). The SMILES string of the molecule is O=[C]CCc1ccc(C(=O)O)cc1. The Morgan fingerprint density at radius 2 is 1.92 bits per heavy atom. The van der Waals surface area contributed by atoms with E-state index in [2.05, 4.69) is 0 Å². The van der Waals surface area contributed by atoms with E-state index in [1.807, 2.05) is 0 Å². The van der Waals surface area contributed by atoms with Gasteiger partial charge < -0.3 is 5.11 Å². The molecule has 3 heteroatoms. The van der Waals surface area contributed by atoms with E-state index >= 15 is 0 Å². The number of hydrogen-bond donors (Lipinski definition) is 1. The number of benzene rings is 1. The molecule has 1 aromatic carbocycles. The Hall–Kier alpha value is -1.64. The van der Waals surface area contributed by atoms with Crippen LogP contribution in [0.15, 0.2) is 24.3 Å². The lowest BCUT2D eigenvalue weighted by atomic mass is 10.1. The average Bonchev–Trinajstić information content (AvgIpc) is 2.15. The molecular formula is C10H9O3. The molecule has 0 aliphatic rings. The van der Waals surface area contributed by atoms with Crippen LogP contribution >= 0.6 is 0 Å². The van der Waals surface area contributed by atoms with Crippen molar-refractivity contribution in [2.24, 2.45) is 0 Å². The van der Waals surface area contributed by atoms with Gasteiger partial charge in [0.05, 0.1) is 5.56 Å². The van der Waals surface area contributed by atoms with Crippen molar-refractivity contribution in [2.45, 2.75) is 12.8 Å². The Bertz CT molecular complexity index is 300. The molecule has 0 spiro atoms. The molecule has 0 aliphatic carbocycles. The van der Waals surface area contributed by atoms with Crippen molar-refractivity contribution in [2.75, 3.05) is 0 Å². The van der Waals surface area contributed by atoms with Crippen molar-refractivity contribution in [3.8, 4) is 0 Å². The van der Waals surface area contributed by atoms with E-state index in [1.165, 1.54) is 12.1 Å². The fourth-order valence-electron chi connectivity index (χ4n) is 1.01. The third kappa shape index (κ3) is 2.71. The molecule has 1 radical (unpaired) electrons. The van der Waals surface area contributed by atoms with Gasteiger partial charge in [-0.3, -0.25) is 4.79 Å². The maximum atomic E-state index is 10.5. The summed E-state index contributed by atoms with van der Waals surface area (Å²) in [6.07, 6.45) is 2.76.